The minimum atomic E-state index is -0.0798. The number of amides is 2. The van der Waals surface area contributed by atoms with Gasteiger partial charge in [0.15, 0.2) is 0 Å². The second kappa shape index (κ2) is 8.53. The van der Waals surface area contributed by atoms with Gasteiger partial charge in [-0.05, 0) is 24.5 Å². The predicted octanol–water partition coefficient (Wildman–Crippen LogP) is 2.32. The zero-order valence-electron chi connectivity index (χ0n) is 11.0. The van der Waals surface area contributed by atoms with Gasteiger partial charge >= 0.3 is 0 Å². The number of alkyl halides is 1. The molecule has 0 heterocycles. The molecule has 0 spiro atoms. The fourth-order valence-corrected chi connectivity index (χ4v) is 1.84. The third-order valence-electron chi connectivity index (χ3n) is 2.71. The normalized spacial score (nSPS) is 10.0. The van der Waals surface area contributed by atoms with Crippen molar-refractivity contribution in [1.29, 1.82) is 0 Å². The van der Waals surface area contributed by atoms with Crippen molar-refractivity contribution in [2.45, 2.75) is 25.7 Å². The van der Waals surface area contributed by atoms with E-state index in [-0.39, 0.29) is 18.2 Å². The number of hydrogen-bond donors (Lipinski definition) is 2. The summed E-state index contributed by atoms with van der Waals surface area (Å²) in [7, 11) is 1.59. The second-order valence-electron chi connectivity index (χ2n) is 4.20. The van der Waals surface area contributed by atoms with Crippen LogP contribution in [0.5, 0.6) is 0 Å². The number of para-hydroxylation sites is 1. The molecule has 1 rings (SSSR count). The van der Waals surface area contributed by atoms with E-state index in [0.29, 0.717) is 18.0 Å². The smallest absolute Gasteiger partial charge is 0.224 e. The van der Waals surface area contributed by atoms with E-state index >= 15 is 0 Å². The first-order valence-electron chi connectivity index (χ1n) is 6.31. The number of carbonyl (C=O) groups excluding carboxylic acids is 2. The lowest BCUT2D eigenvalue weighted by Gasteiger charge is -2.10. The Kier molecular flexibility index (Phi) is 6.97. The highest BCUT2D eigenvalue weighted by Crippen LogP contribution is 2.16. The van der Waals surface area contributed by atoms with E-state index in [9.17, 15) is 9.59 Å². The number of nitrogens with one attached hydrogen (secondary N) is 2. The number of anilines is 1. The van der Waals surface area contributed by atoms with Crippen LogP contribution in [0.25, 0.3) is 0 Å². The minimum Gasteiger partial charge on any atom is -0.359 e. The predicted molar refractivity (Wildman–Crippen MR) is 77.4 cm³/mol. The van der Waals surface area contributed by atoms with Crippen molar-refractivity contribution in [2.24, 2.45) is 0 Å². The van der Waals surface area contributed by atoms with E-state index in [4.69, 9.17) is 11.6 Å². The summed E-state index contributed by atoms with van der Waals surface area (Å²) in [6, 6.07) is 7.32. The number of hydrogen-bond acceptors (Lipinski definition) is 2. The number of benzene rings is 1. The molecule has 5 heteroatoms. The highest BCUT2D eigenvalue weighted by molar-refractivity contribution is 6.17. The van der Waals surface area contributed by atoms with Gasteiger partial charge < -0.3 is 10.6 Å². The lowest BCUT2D eigenvalue weighted by molar-refractivity contribution is -0.120. The van der Waals surface area contributed by atoms with Crippen molar-refractivity contribution in [3.05, 3.63) is 29.8 Å². The molecule has 0 aromatic heterocycles. The summed E-state index contributed by atoms with van der Waals surface area (Å²) in [4.78, 5) is 23.1. The molecule has 0 atom stereocenters. The summed E-state index contributed by atoms with van der Waals surface area (Å²) in [5.41, 5.74) is 1.51. The Balaban J connectivity index is 2.61. The second-order valence-corrected chi connectivity index (χ2v) is 4.58. The molecule has 1 aromatic carbocycles. The molecule has 104 valence electrons. The first-order chi connectivity index (χ1) is 9.17. The monoisotopic (exact) mass is 282 g/mol. The zero-order chi connectivity index (χ0) is 14.1. The maximum absolute atomic E-state index is 11.7. The van der Waals surface area contributed by atoms with Crippen LogP contribution in [0.4, 0.5) is 5.69 Å². The van der Waals surface area contributed by atoms with Crippen LogP contribution in [0.2, 0.25) is 0 Å². The average Bonchev–Trinajstić information content (AvgIpc) is 2.41. The molecular formula is C14H19ClN2O2. The molecule has 0 bridgehead atoms. The largest absolute Gasteiger partial charge is 0.359 e. The summed E-state index contributed by atoms with van der Waals surface area (Å²) < 4.78 is 0. The number of carbonyl (C=O) groups is 2. The van der Waals surface area contributed by atoms with Crippen LogP contribution in [0.15, 0.2) is 24.3 Å². The van der Waals surface area contributed by atoms with Crippen LogP contribution in [-0.4, -0.2) is 24.7 Å². The van der Waals surface area contributed by atoms with Crippen LogP contribution < -0.4 is 10.6 Å². The minimum absolute atomic E-state index is 0.0468. The molecule has 0 fully saturated rings. The summed E-state index contributed by atoms with van der Waals surface area (Å²) in [6.45, 7) is 0. The fraction of sp³-hybridized carbons (Fsp3) is 0.429. The van der Waals surface area contributed by atoms with Crippen LogP contribution >= 0.6 is 11.6 Å². The topological polar surface area (TPSA) is 58.2 Å². The number of likely N-dealkylation sites (N-methyl/N-ethyl adjacent to an activating group) is 1. The van der Waals surface area contributed by atoms with Crippen LogP contribution in [0.1, 0.15) is 24.8 Å². The first kappa shape index (κ1) is 15.5. The highest BCUT2D eigenvalue weighted by Gasteiger charge is 2.09. The molecule has 0 aliphatic rings. The molecule has 0 radical (unpaired) electrons. The summed E-state index contributed by atoms with van der Waals surface area (Å²) in [5.74, 6) is 0.443. The number of unbranched alkanes of at least 4 members (excludes halogenated alkanes) is 1. The standard InChI is InChI=1S/C14H19ClN2O2/c1-16-14(19)10-11-6-2-3-7-12(11)17-13(18)8-4-5-9-15/h2-3,6-7H,4-5,8-10H2,1H3,(H,16,19)(H,17,18). The Morgan fingerprint density at radius 2 is 1.89 bits per heavy atom. The van der Waals surface area contributed by atoms with Gasteiger partial charge in [-0.1, -0.05) is 18.2 Å². The van der Waals surface area contributed by atoms with Gasteiger partial charge in [-0.15, -0.1) is 11.6 Å². The quantitative estimate of drug-likeness (QED) is 0.596. The van der Waals surface area contributed by atoms with Crippen molar-refractivity contribution < 1.29 is 9.59 Å². The van der Waals surface area contributed by atoms with E-state index in [2.05, 4.69) is 10.6 Å². The molecule has 1 aromatic rings. The summed E-state index contributed by atoms with van der Waals surface area (Å²) >= 11 is 5.57. The lowest BCUT2D eigenvalue weighted by atomic mass is 10.1. The van der Waals surface area contributed by atoms with Gasteiger partial charge in [0.1, 0.15) is 0 Å². The molecule has 0 saturated heterocycles. The highest BCUT2D eigenvalue weighted by atomic mass is 35.5. The van der Waals surface area contributed by atoms with Crippen molar-refractivity contribution in [3.63, 3.8) is 0 Å². The molecule has 4 nitrogen and oxygen atoms in total. The van der Waals surface area contributed by atoms with Crippen LogP contribution in [0, 0.1) is 0 Å². The molecular weight excluding hydrogens is 264 g/mol. The molecule has 0 unspecified atom stereocenters. The van der Waals surface area contributed by atoms with Crippen molar-refractivity contribution in [3.8, 4) is 0 Å². The molecule has 2 N–H and O–H groups in total. The first-order valence-corrected chi connectivity index (χ1v) is 6.85. The van der Waals surface area contributed by atoms with Crippen molar-refractivity contribution in [1.82, 2.24) is 5.32 Å². The Hall–Kier alpha value is -1.55. The van der Waals surface area contributed by atoms with Crippen molar-refractivity contribution >= 4 is 29.1 Å². The van der Waals surface area contributed by atoms with Crippen LogP contribution in [-0.2, 0) is 16.0 Å². The third kappa shape index (κ3) is 5.75. The Bertz CT molecular complexity index is 435. The maximum Gasteiger partial charge on any atom is 0.224 e. The molecule has 19 heavy (non-hydrogen) atoms. The zero-order valence-corrected chi connectivity index (χ0v) is 11.8. The van der Waals surface area contributed by atoms with Crippen LogP contribution in [0.3, 0.4) is 0 Å². The van der Waals surface area contributed by atoms with E-state index < -0.39 is 0 Å². The lowest BCUT2D eigenvalue weighted by Crippen LogP contribution is -2.21. The Morgan fingerprint density at radius 1 is 1.16 bits per heavy atom. The van der Waals surface area contributed by atoms with E-state index in [0.717, 1.165) is 18.4 Å². The average molecular weight is 283 g/mol. The van der Waals surface area contributed by atoms with Gasteiger partial charge in [-0.2, -0.15) is 0 Å². The van der Waals surface area contributed by atoms with E-state index in [1.807, 2.05) is 18.2 Å². The fourth-order valence-electron chi connectivity index (χ4n) is 1.65. The molecule has 0 aliphatic heterocycles. The van der Waals surface area contributed by atoms with Gasteiger partial charge in [0.25, 0.3) is 0 Å². The van der Waals surface area contributed by atoms with Gasteiger partial charge in [-0.25, -0.2) is 0 Å². The Morgan fingerprint density at radius 3 is 2.58 bits per heavy atom. The van der Waals surface area contributed by atoms with Gasteiger partial charge in [-0.3, -0.25) is 9.59 Å². The van der Waals surface area contributed by atoms with E-state index in [1.54, 1.807) is 13.1 Å². The number of rotatable bonds is 7. The summed E-state index contributed by atoms with van der Waals surface area (Å²) in [5, 5.41) is 5.41. The van der Waals surface area contributed by atoms with Gasteiger partial charge in [0, 0.05) is 25.0 Å². The van der Waals surface area contributed by atoms with E-state index in [1.165, 1.54) is 0 Å². The Labute approximate surface area is 118 Å². The third-order valence-corrected chi connectivity index (χ3v) is 2.98. The van der Waals surface area contributed by atoms with Gasteiger partial charge in [0.2, 0.25) is 11.8 Å². The van der Waals surface area contributed by atoms with Crippen molar-refractivity contribution in [2.75, 3.05) is 18.2 Å². The molecule has 0 saturated carbocycles. The summed E-state index contributed by atoms with van der Waals surface area (Å²) in [6.07, 6.45) is 2.30. The number of halogens is 1. The molecule has 2 amide bonds. The van der Waals surface area contributed by atoms with Gasteiger partial charge in [0.05, 0.1) is 6.42 Å². The SMILES string of the molecule is CNC(=O)Cc1ccccc1NC(=O)CCCCCl. The molecule has 0 aliphatic carbocycles. The maximum atomic E-state index is 11.7.